The highest BCUT2D eigenvalue weighted by Crippen LogP contribution is 2.22. The number of hydrogen-bond acceptors (Lipinski definition) is 4. The molecule has 5 nitrogen and oxygen atoms in total. The third-order valence-corrected chi connectivity index (χ3v) is 4.85. The molecule has 1 fully saturated rings. The highest BCUT2D eigenvalue weighted by atomic mass is 35.5. The summed E-state index contributed by atoms with van der Waals surface area (Å²) in [5, 5.41) is 0. The molecule has 7 heteroatoms. The summed E-state index contributed by atoms with van der Waals surface area (Å²) >= 11 is 7.42. The first-order valence-corrected chi connectivity index (χ1v) is 8.15. The fraction of sp³-hybridized carbons (Fsp3) is 0.571. The maximum atomic E-state index is 12.3. The Kier molecular flexibility index (Phi) is 5.61. The van der Waals surface area contributed by atoms with Crippen molar-refractivity contribution in [2.24, 2.45) is 11.7 Å². The molecule has 1 aromatic heterocycles. The summed E-state index contributed by atoms with van der Waals surface area (Å²) in [5.74, 6) is -0.468. The van der Waals surface area contributed by atoms with E-state index < -0.39 is 0 Å². The molecule has 0 radical (unpaired) electrons. The van der Waals surface area contributed by atoms with E-state index in [0.717, 1.165) is 22.1 Å². The van der Waals surface area contributed by atoms with E-state index in [9.17, 15) is 9.59 Å². The number of halogens is 1. The van der Waals surface area contributed by atoms with E-state index in [2.05, 4.69) is 0 Å². The lowest BCUT2D eigenvalue weighted by atomic mass is 9.97. The lowest BCUT2D eigenvalue weighted by Crippen LogP contribution is -2.47. The average molecular weight is 330 g/mol. The van der Waals surface area contributed by atoms with Crippen molar-refractivity contribution in [1.82, 2.24) is 9.80 Å². The number of piperidine rings is 1. The molecule has 0 saturated carbocycles. The lowest BCUT2D eigenvalue weighted by molar-refractivity contribution is -0.135. The van der Waals surface area contributed by atoms with Gasteiger partial charge in [0, 0.05) is 24.5 Å². The molecule has 21 heavy (non-hydrogen) atoms. The second-order valence-electron chi connectivity index (χ2n) is 5.46. The normalized spacial score (nSPS) is 19.0. The number of carbonyl (C=O) groups is 2. The van der Waals surface area contributed by atoms with Gasteiger partial charge in [-0.25, -0.2) is 0 Å². The van der Waals surface area contributed by atoms with Gasteiger partial charge in [-0.15, -0.1) is 11.3 Å². The van der Waals surface area contributed by atoms with E-state index in [0.29, 0.717) is 26.2 Å². The van der Waals surface area contributed by atoms with Crippen LogP contribution in [0.5, 0.6) is 0 Å². The van der Waals surface area contributed by atoms with Gasteiger partial charge in [-0.2, -0.15) is 0 Å². The van der Waals surface area contributed by atoms with Gasteiger partial charge >= 0.3 is 0 Å². The van der Waals surface area contributed by atoms with Crippen LogP contribution in [0.15, 0.2) is 12.1 Å². The van der Waals surface area contributed by atoms with E-state index in [1.54, 1.807) is 4.90 Å². The van der Waals surface area contributed by atoms with E-state index in [4.69, 9.17) is 17.3 Å². The topological polar surface area (TPSA) is 66.6 Å². The highest BCUT2D eigenvalue weighted by molar-refractivity contribution is 7.16. The standard InChI is InChI=1S/C14H20ClN3O2S/c1-17(8-11-4-5-12(15)21-11)9-13(19)18-6-2-3-10(7-18)14(16)20/h4-5,10H,2-3,6-9H2,1H3,(H2,16,20). The molecule has 2 amide bonds. The van der Waals surface area contributed by atoms with Crippen molar-refractivity contribution < 1.29 is 9.59 Å². The lowest BCUT2D eigenvalue weighted by Gasteiger charge is -2.32. The average Bonchev–Trinajstić information content (AvgIpc) is 2.83. The van der Waals surface area contributed by atoms with Crippen LogP contribution in [0.2, 0.25) is 4.34 Å². The van der Waals surface area contributed by atoms with Gasteiger partial charge in [0.15, 0.2) is 0 Å². The van der Waals surface area contributed by atoms with Gasteiger partial charge in [-0.1, -0.05) is 11.6 Å². The van der Waals surface area contributed by atoms with Gasteiger partial charge < -0.3 is 10.6 Å². The summed E-state index contributed by atoms with van der Waals surface area (Å²) < 4.78 is 0.755. The zero-order valence-electron chi connectivity index (χ0n) is 12.0. The molecule has 0 aliphatic carbocycles. The molecule has 0 spiro atoms. The van der Waals surface area contributed by atoms with Crippen LogP contribution in [0.1, 0.15) is 17.7 Å². The number of primary amides is 1. The second kappa shape index (κ2) is 7.24. The Balaban J connectivity index is 1.84. The second-order valence-corrected chi connectivity index (χ2v) is 7.26. The molecule has 1 aromatic rings. The predicted octanol–water partition coefficient (Wildman–Crippen LogP) is 1.56. The Morgan fingerprint density at radius 3 is 2.90 bits per heavy atom. The highest BCUT2D eigenvalue weighted by Gasteiger charge is 2.27. The number of carbonyl (C=O) groups excluding carboxylic acids is 2. The van der Waals surface area contributed by atoms with Gasteiger partial charge in [0.05, 0.1) is 16.8 Å². The molecule has 1 aliphatic rings. The number of nitrogens with zero attached hydrogens (tertiary/aromatic N) is 2. The Morgan fingerprint density at radius 1 is 1.52 bits per heavy atom. The molecule has 116 valence electrons. The molecular weight excluding hydrogens is 310 g/mol. The zero-order valence-corrected chi connectivity index (χ0v) is 13.6. The first-order valence-electron chi connectivity index (χ1n) is 6.95. The smallest absolute Gasteiger partial charge is 0.236 e. The number of thiophene rings is 1. The summed E-state index contributed by atoms with van der Waals surface area (Å²) in [4.78, 5) is 28.4. The molecule has 0 bridgehead atoms. The Bertz CT molecular complexity index is 520. The first kappa shape index (κ1) is 16.3. The zero-order chi connectivity index (χ0) is 15.4. The minimum absolute atomic E-state index is 0.0473. The van der Waals surface area contributed by atoms with E-state index in [1.165, 1.54) is 11.3 Å². The summed E-state index contributed by atoms with van der Waals surface area (Å²) in [6, 6.07) is 3.83. The molecule has 0 aromatic carbocycles. The van der Waals surface area contributed by atoms with Crippen LogP contribution < -0.4 is 5.73 Å². The van der Waals surface area contributed by atoms with E-state index in [-0.39, 0.29) is 17.7 Å². The number of hydrogen-bond donors (Lipinski definition) is 1. The van der Waals surface area contributed by atoms with Crippen LogP contribution in [-0.2, 0) is 16.1 Å². The molecular formula is C14H20ClN3O2S. The fourth-order valence-electron chi connectivity index (χ4n) is 2.53. The Labute approximate surface area is 133 Å². The molecule has 1 saturated heterocycles. The number of amides is 2. The van der Waals surface area contributed by atoms with Crippen molar-refractivity contribution in [1.29, 1.82) is 0 Å². The van der Waals surface area contributed by atoms with Gasteiger partial charge in [-0.3, -0.25) is 14.5 Å². The van der Waals surface area contributed by atoms with Crippen molar-refractivity contribution in [3.63, 3.8) is 0 Å². The van der Waals surface area contributed by atoms with Gasteiger partial charge in [0.25, 0.3) is 0 Å². The van der Waals surface area contributed by atoms with Crippen LogP contribution in [0.3, 0.4) is 0 Å². The number of nitrogens with two attached hydrogens (primary N) is 1. The first-order chi connectivity index (χ1) is 9.95. The van der Waals surface area contributed by atoms with Crippen molar-refractivity contribution in [2.45, 2.75) is 19.4 Å². The van der Waals surface area contributed by atoms with Gasteiger partial charge in [0.1, 0.15) is 0 Å². The molecule has 1 atom stereocenters. The Hall–Kier alpha value is -1.11. The minimum Gasteiger partial charge on any atom is -0.369 e. The fourth-order valence-corrected chi connectivity index (χ4v) is 3.69. The predicted molar refractivity (Wildman–Crippen MR) is 84.2 cm³/mol. The third kappa shape index (κ3) is 4.69. The summed E-state index contributed by atoms with van der Waals surface area (Å²) in [7, 11) is 1.90. The summed E-state index contributed by atoms with van der Waals surface area (Å²) in [6.45, 7) is 2.19. The number of likely N-dealkylation sites (N-methyl/N-ethyl adjacent to an activating group) is 1. The van der Waals surface area contributed by atoms with Crippen LogP contribution in [0.25, 0.3) is 0 Å². The van der Waals surface area contributed by atoms with Crippen LogP contribution >= 0.6 is 22.9 Å². The Morgan fingerprint density at radius 2 is 2.29 bits per heavy atom. The van der Waals surface area contributed by atoms with Crippen molar-refractivity contribution in [2.75, 3.05) is 26.7 Å². The van der Waals surface area contributed by atoms with Gasteiger partial charge in [0.2, 0.25) is 11.8 Å². The van der Waals surface area contributed by atoms with Crippen LogP contribution in [0, 0.1) is 5.92 Å². The summed E-state index contributed by atoms with van der Waals surface area (Å²) in [5.41, 5.74) is 5.34. The number of rotatable bonds is 5. The maximum absolute atomic E-state index is 12.3. The molecule has 2 N–H and O–H groups in total. The quantitative estimate of drug-likeness (QED) is 0.891. The minimum atomic E-state index is -0.311. The van der Waals surface area contributed by atoms with E-state index in [1.807, 2.05) is 24.1 Å². The molecule has 2 heterocycles. The van der Waals surface area contributed by atoms with Gasteiger partial charge in [-0.05, 0) is 32.0 Å². The summed E-state index contributed by atoms with van der Waals surface area (Å²) in [6.07, 6.45) is 1.62. The SMILES string of the molecule is CN(CC(=O)N1CCCC(C(N)=O)C1)Cc1ccc(Cl)s1. The van der Waals surface area contributed by atoms with Crippen molar-refractivity contribution in [3.05, 3.63) is 21.3 Å². The largest absolute Gasteiger partial charge is 0.369 e. The van der Waals surface area contributed by atoms with Crippen molar-refractivity contribution in [3.8, 4) is 0 Å². The molecule has 1 aliphatic heterocycles. The number of likely N-dealkylation sites (tertiary alicyclic amines) is 1. The third-order valence-electron chi connectivity index (χ3n) is 3.64. The van der Waals surface area contributed by atoms with Crippen LogP contribution in [0.4, 0.5) is 0 Å². The van der Waals surface area contributed by atoms with Crippen molar-refractivity contribution >= 4 is 34.8 Å². The molecule has 1 unspecified atom stereocenters. The van der Waals surface area contributed by atoms with E-state index >= 15 is 0 Å². The maximum Gasteiger partial charge on any atom is 0.236 e. The molecule has 2 rings (SSSR count). The monoisotopic (exact) mass is 329 g/mol. The van der Waals surface area contributed by atoms with Crippen LogP contribution in [-0.4, -0.2) is 48.3 Å².